The van der Waals surface area contributed by atoms with E-state index in [0.717, 1.165) is 5.69 Å². The zero-order chi connectivity index (χ0) is 14.0. The number of rotatable bonds is 5. The van der Waals surface area contributed by atoms with Gasteiger partial charge in [0.25, 0.3) is 0 Å². The summed E-state index contributed by atoms with van der Waals surface area (Å²) in [7, 11) is -3.10. The van der Waals surface area contributed by atoms with Crippen molar-refractivity contribution in [1.82, 2.24) is 9.97 Å². The van der Waals surface area contributed by atoms with Crippen LogP contribution in [-0.4, -0.2) is 35.9 Å². The van der Waals surface area contributed by atoms with Gasteiger partial charge in [-0.3, -0.25) is 0 Å². The van der Waals surface area contributed by atoms with E-state index in [4.69, 9.17) is 0 Å². The normalized spacial score (nSPS) is 12.8. The highest BCUT2D eigenvalue weighted by Gasteiger charge is 2.29. The number of hydrogen-bond donors (Lipinski definition) is 1. The lowest BCUT2D eigenvalue weighted by molar-refractivity contribution is 0.559. The molecule has 0 atom stereocenters. The van der Waals surface area contributed by atoms with Gasteiger partial charge >= 0.3 is 0 Å². The van der Waals surface area contributed by atoms with E-state index in [1.165, 1.54) is 12.6 Å². The molecule has 0 aliphatic heterocycles. The van der Waals surface area contributed by atoms with Gasteiger partial charge in [-0.15, -0.1) is 0 Å². The van der Waals surface area contributed by atoms with Gasteiger partial charge < -0.3 is 5.32 Å². The van der Waals surface area contributed by atoms with E-state index in [2.05, 4.69) is 15.3 Å². The molecule has 0 fully saturated rings. The first kappa shape index (κ1) is 14.9. The van der Waals surface area contributed by atoms with Crippen LogP contribution in [0, 0.1) is 0 Å². The predicted molar refractivity (Wildman–Crippen MR) is 73.5 cm³/mol. The third-order valence-corrected chi connectivity index (χ3v) is 5.13. The lowest BCUT2D eigenvalue weighted by Crippen LogP contribution is -2.38. The van der Waals surface area contributed by atoms with Crippen molar-refractivity contribution in [2.24, 2.45) is 0 Å². The van der Waals surface area contributed by atoms with Gasteiger partial charge in [0.2, 0.25) is 0 Å². The molecule has 0 aliphatic rings. The molecule has 1 rings (SSSR count). The molecule has 0 unspecified atom stereocenters. The summed E-state index contributed by atoms with van der Waals surface area (Å²) in [6, 6.07) is 1.85. The lowest BCUT2D eigenvalue weighted by Gasteiger charge is -2.23. The van der Waals surface area contributed by atoms with Crippen molar-refractivity contribution in [2.75, 3.05) is 18.1 Å². The van der Waals surface area contributed by atoms with E-state index in [1.807, 2.05) is 19.9 Å². The minimum atomic E-state index is -3.10. The molecule has 5 nitrogen and oxygen atoms in total. The molecule has 18 heavy (non-hydrogen) atoms. The number of aromatic nitrogens is 2. The Kier molecular flexibility index (Phi) is 4.32. The fourth-order valence-corrected chi connectivity index (χ4v) is 1.55. The molecule has 1 aromatic heterocycles. The third kappa shape index (κ3) is 3.66. The molecule has 0 spiro atoms. The predicted octanol–water partition coefficient (Wildman–Crippen LogP) is 1.84. The van der Waals surface area contributed by atoms with E-state index in [9.17, 15) is 8.42 Å². The van der Waals surface area contributed by atoms with Crippen LogP contribution >= 0.6 is 0 Å². The highest BCUT2D eigenvalue weighted by Crippen LogP contribution is 2.17. The number of nitrogens with one attached hydrogen (secondary N) is 1. The maximum absolute atomic E-state index is 11.6. The maximum atomic E-state index is 11.6. The fourth-order valence-electron chi connectivity index (χ4n) is 1.22. The quantitative estimate of drug-likeness (QED) is 0.884. The molecular weight excluding hydrogens is 250 g/mol. The molecule has 6 heteroatoms. The van der Waals surface area contributed by atoms with Crippen LogP contribution in [0.15, 0.2) is 12.4 Å². The van der Waals surface area contributed by atoms with Crippen LogP contribution in [0.25, 0.3) is 0 Å². The molecule has 1 N–H and O–H groups in total. The zero-order valence-electron chi connectivity index (χ0n) is 11.6. The van der Waals surface area contributed by atoms with Crippen molar-refractivity contribution >= 4 is 15.7 Å². The van der Waals surface area contributed by atoms with Crippen molar-refractivity contribution in [2.45, 2.75) is 38.4 Å². The molecule has 0 radical (unpaired) electrons. The summed E-state index contributed by atoms with van der Waals surface area (Å²) in [6.07, 6.45) is 2.74. The number of nitrogens with zero attached hydrogens (tertiary/aromatic N) is 2. The van der Waals surface area contributed by atoms with Crippen molar-refractivity contribution in [1.29, 1.82) is 0 Å². The van der Waals surface area contributed by atoms with Gasteiger partial charge in [-0.2, -0.15) is 0 Å². The minimum absolute atomic E-state index is 0.316. The van der Waals surface area contributed by atoms with Crippen LogP contribution in [-0.2, 0) is 9.84 Å². The Labute approximate surface area is 109 Å². The Morgan fingerprint density at radius 2 is 1.94 bits per heavy atom. The molecular formula is C12H21N3O2S. The Morgan fingerprint density at radius 3 is 2.44 bits per heavy atom. The molecule has 1 heterocycles. The van der Waals surface area contributed by atoms with Gasteiger partial charge in [-0.05, 0) is 19.8 Å². The van der Waals surface area contributed by atoms with E-state index in [0.29, 0.717) is 18.3 Å². The van der Waals surface area contributed by atoms with Gasteiger partial charge in [-0.25, -0.2) is 18.4 Å². The Bertz CT molecular complexity index is 510. The summed E-state index contributed by atoms with van der Waals surface area (Å²) in [4.78, 5) is 8.25. The average Bonchev–Trinajstić information content (AvgIpc) is 2.25. The van der Waals surface area contributed by atoms with E-state index in [1.54, 1.807) is 13.8 Å². The second-order valence-electron chi connectivity index (χ2n) is 5.37. The molecule has 1 aromatic rings. The number of hydrogen-bond acceptors (Lipinski definition) is 5. The molecule has 102 valence electrons. The second-order valence-corrected chi connectivity index (χ2v) is 8.02. The summed E-state index contributed by atoms with van der Waals surface area (Å²) in [5.74, 6) is 0.974. The largest absolute Gasteiger partial charge is 0.368 e. The third-order valence-electron chi connectivity index (χ3n) is 2.98. The summed E-state index contributed by atoms with van der Waals surface area (Å²) >= 11 is 0. The molecule has 0 saturated heterocycles. The van der Waals surface area contributed by atoms with Crippen molar-refractivity contribution in [3.05, 3.63) is 18.1 Å². The Balaban J connectivity index is 2.78. The number of anilines is 1. The van der Waals surface area contributed by atoms with E-state index >= 15 is 0 Å². The van der Waals surface area contributed by atoms with Gasteiger partial charge in [-0.1, -0.05) is 13.8 Å². The van der Waals surface area contributed by atoms with Crippen molar-refractivity contribution < 1.29 is 8.42 Å². The van der Waals surface area contributed by atoms with Crippen molar-refractivity contribution in [3.8, 4) is 0 Å². The number of sulfone groups is 1. The van der Waals surface area contributed by atoms with Crippen LogP contribution < -0.4 is 5.32 Å². The SMILES string of the molecule is CC(C)c1cc(NCC(C)(C)S(C)(=O)=O)ncn1. The molecule has 0 saturated carbocycles. The second kappa shape index (κ2) is 5.22. The molecule has 0 aliphatic carbocycles. The summed E-state index contributed by atoms with van der Waals surface area (Å²) in [5.41, 5.74) is 0.935. The van der Waals surface area contributed by atoms with Crippen molar-refractivity contribution in [3.63, 3.8) is 0 Å². The summed E-state index contributed by atoms with van der Waals surface area (Å²) in [5, 5.41) is 3.06. The van der Waals surface area contributed by atoms with Gasteiger partial charge in [0.05, 0.1) is 4.75 Å². The first-order valence-electron chi connectivity index (χ1n) is 5.89. The highest BCUT2D eigenvalue weighted by atomic mass is 32.2. The monoisotopic (exact) mass is 271 g/mol. The van der Waals surface area contributed by atoms with E-state index < -0.39 is 14.6 Å². The Morgan fingerprint density at radius 1 is 1.33 bits per heavy atom. The van der Waals surface area contributed by atoms with E-state index in [-0.39, 0.29) is 0 Å². The van der Waals surface area contributed by atoms with Crippen LogP contribution in [0.2, 0.25) is 0 Å². The van der Waals surface area contributed by atoms with Crippen LogP contribution in [0.4, 0.5) is 5.82 Å². The van der Waals surface area contributed by atoms with Crippen LogP contribution in [0.5, 0.6) is 0 Å². The first-order chi connectivity index (χ1) is 8.13. The fraction of sp³-hybridized carbons (Fsp3) is 0.667. The van der Waals surface area contributed by atoms with Gasteiger partial charge in [0.1, 0.15) is 12.1 Å². The lowest BCUT2D eigenvalue weighted by atomic mass is 10.1. The summed E-state index contributed by atoms with van der Waals surface area (Å²) < 4.78 is 22.3. The summed E-state index contributed by atoms with van der Waals surface area (Å²) in [6.45, 7) is 7.80. The Hall–Kier alpha value is -1.17. The van der Waals surface area contributed by atoms with Gasteiger partial charge in [0, 0.05) is 24.6 Å². The standard InChI is InChI=1S/C12H21N3O2S/c1-9(2)10-6-11(15-8-14-10)13-7-12(3,4)18(5,16)17/h6,8-9H,7H2,1-5H3,(H,13,14,15). The topological polar surface area (TPSA) is 72.0 Å². The van der Waals surface area contributed by atoms with Crippen LogP contribution in [0.3, 0.4) is 0 Å². The molecule has 0 amide bonds. The van der Waals surface area contributed by atoms with Gasteiger partial charge in [0.15, 0.2) is 9.84 Å². The average molecular weight is 271 g/mol. The smallest absolute Gasteiger partial charge is 0.154 e. The molecule has 0 bridgehead atoms. The highest BCUT2D eigenvalue weighted by molar-refractivity contribution is 7.92. The minimum Gasteiger partial charge on any atom is -0.368 e. The zero-order valence-corrected chi connectivity index (χ0v) is 12.4. The maximum Gasteiger partial charge on any atom is 0.154 e. The first-order valence-corrected chi connectivity index (χ1v) is 7.78. The van der Waals surface area contributed by atoms with Crippen LogP contribution in [0.1, 0.15) is 39.3 Å². The molecule has 0 aromatic carbocycles.